The number of para-hydroxylation sites is 1. The number of nitrogens with one attached hydrogen (secondary N) is 2. The van der Waals surface area contributed by atoms with Crippen LogP contribution in [0.4, 0.5) is 14.9 Å². The molecule has 22 heavy (non-hydrogen) atoms. The molecule has 0 heterocycles. The average Bonchev–Trinajstić information content (AvgIpc) is 2.47. The third kappa shape index (κ3) is 3.61. The highest BCUT2D eigenvalue weighted by molar-refractivity contribution is 5.91. The van der Waals surface area contributed by atoms with E-state index in [1.165, 1.54) is 12.1 Å². The second-order valence-corrected chi connectivity index (χ2v) is 5.37. The van der Waals surface area contributed by atoms with Crippen LogP contribution < -0.4 is 10.6 Å². The predicted molar refractivity (Wildman–Crippen MR) is 82.7 cm³/mol. The van der Waals surface area contributed by atoms with E-state index in [0.717, 1.165) is 5.56 Å². The van der Waals surface area contributed by atoms with Crippen molar-refractivity contribution in [3.8, 4) is 6.07 Å². The summed E-state index contributed by atoms with van der Waals surface area (Å²) in [6.07, 6.45) is 0. The zero-order valence-corrected chi connectivity index (χ0v) is 12.4. The van der Waals surface area contributed by atoms with Crippen LogP contribution in [0.3, 0.4) is 0 Å². The van der Waals surface area contributed by atoms with Crippen molar-refractivity contribution in [2.24, 2.45) is 0 Å². The van der Waals surface area contributed by atoms with Gasteiger partial charge in [-0.3, -0.25) is 0 Å². The molecule has 2 aromatic carbocycles. The molecule has 2 rings (SSSR count). The monoisotopic (exact) mass is 297 g/mol. The Morgan fingerprint density at radius 2 is 1.77 bits per heavy atom. The van der Waals surface area contributed by atoms with Gasteiger partial charge < -0.3 is 10.6 Å². The molecule has 0 aliphatic rings. The molecule has 0 saturated carbocycles. The van der Waals surface area contributed by atoms with Crippen LogP contribution in [0.2, 0.25) is 0 Å². The van der Waals surface area contributed by atoms with Crippen molar-refractivity contribution in [1.82, 2.24) is 5.32 Å². The maximum absolute atomic E-state index is 13.0. The number of hydrogen-bond acceptors (Lipinski definition) is 2. The lowest BCUT2D eigenvalue weighted by Crippen LogP contribution is -2.43. The first-order chi connectivity index (χ1) is 10.4. The minimum atomic E-state index is -0.681. The van der Waals surface area contributed by atoms with Gasteiger partial charge in [-0.05, 0) is 43.7 Å². The van der Waals surface area contributed by atoms with Gasteiger partial charge in [0, 0.05) is 0 Å². The molecule has 0 aliphatic carbocycles. The molecule has 0 bridgehead atoms. The molecular weight excluding hydrogens is 281 g/mol. The summed E-state index contributed by atoms with van der Waals surface area (Å²) in [7, 11) is 0. The standard InChI is InChI=1S/C17H16FN3O/c1-17(2,13-7-9-14(18)10-8-13)21-16(22)20-15-6-4-3-5-12(15)11-19/h3-10H,1-2H3,(H2,20,21,22). The Kier molecular flexibility index (Phi) is 4.42. The first kappa shape index (κ1) is 15.5. The van der Waals surface area contributed by atoms with Gasteiger partial charge >= 0.3 is 6.03 Å². The summed E-state index contributed by atoms with van der Waals surface area (Å²) in [6, 6.07) is 14.3. The SMILES string of the molecule is CC(C)(NC(=O)Nc1ccccc1C#N)c1ccc(F)cc1. The maximum Gasteiger partial charge on any atom is 0.319 e. The lowest BCUT2D eigenvalue weighted by atomic mass is 9.94. The third-order valence-corrected chi connectivity index (χ3v) is 3.29. The summed E-state index contributed by atoms with van der Waals surface area (Å²) in [4.78, 5) is 12.1. The van der Waals surface area contributed by atoms with Gasteiger partial charge in [0.15, 0.2) is 0 Å². The number of carbonyl (C=O) groups excluding carboxylic acids is 1. The Morgan fingerprint density at radius 3 is 2.41 bits per heavy atom. The van der Waals surface area contributed by atoms with E-state index in [9.17, 15) is 9.18 Å². The molecule has 5 heteroatoms. The van der Waals surface area contributed by atoms with Crippen molar-refractivity contribution >= 4 is 11.7 Å². The van der Waals surface area contributed by atoms with Gasteiger partial charge in [0.25, 0.3) is 0 Å². The van der Waals surface area contributed by atoms with Crippen molar-refractivity contribution in [2.75, 3.05) is 5.32 Å². The highest BCUT2D eigenvalue weighted by Gasteiger charge is 2.23. The molecule has 0 atom stereocenters. The zero-order valence-electron chi connectivity index (χ0n) is 12.4. The fourth-order valence-electron chi connectivity index (χ4n) is 2.07. The number of carbonyl (C=O) groups is 1. The van der Waals surface area contributed by atoms with Crippen LogP contribution in [-0.4, -0.2) is 6.03 Å². The molecule has 2 N–H and O–H groups in total. The minimum absolute atomic E-state index is 0.327. The van der Waals surface area contributed by atoms with Crippen molar-refractivity contribution in [1.29, 1.82) is 5.26 Å². The van der Waals surface area contributed by atoms with Gasteiger partial charge in [0.1, 0.15) is 11.9 Å². The largest absolute Gasteiger partial charge is 0.329 e. The number of amides is 2. The van der Waals surface area contributed by atoms with Crippen LogP contribution in [0.1, 0.15) is 25.0 Å². The van der Waals surface area contributed by atoms with E-state index in [-0.39, 0.29) is 5.82 Å². The van der Waals surface area contributed by atoms with Gasteiger partial charge in [-0.1, -0.05) is 24.3 Å². The Bertz CT molecular complexity index is 717. The van der Waals surface area contributed by atoms with Crippen molar-refractivity contribution in [3.63, 3.8) is 0 Å². The lowest BCUT2D eigenvalue weighted by Gasteiger charge is -2.27. The number of rotatable bonds is 3. The molecule has 0 saturated heterocycles. The molecule has 112 valence electrons. The number of anilines is 1. The summed E-state index contributed by atoms with van der Waals surface area (Å²) in [6.45, 7) is 3.63. The Balaban J connectivity index is 2.11. The van der Waals surface area contributed by atoms with Crippen LogP contribution in [0, 0.1) is 17.1 Å². The van der Waals surface area contributed by atoms with E-state index in [0.29, 0.717) is 11.3 Å². The number of nitriles is 1. The van der Waals surface area contributed by atoms with Gasteiger partial charge in [0.05, 0.1) is 16.8 Å². The van der Waals surface area contributed by atoms with Crippen molar-refractivity contribution < 1.29 is 9.18 Å². The third-order valence-electron chi connectivity index (χ3n) is 3.29. The van der Waals surface area contributed by atoms with Crippen LogP contribution in [-0.2, 0) is 5.54 Å². The van der Waals surface area contributed by atoms with Crippen LogP contribution >= 0.6 is 0 Å². The predicted octanol–water partition coefficient (Wildman–Crippen LogP) is 3.75. The van der Waals surface area contributed by atoms with E-state index >= 15 is 0 Å². The number of nitrogens with zero attached hydrogens (tertiary/aromatic N) is 1. The number of hydrogen-bond donors (Lipinski definition) is 2. The Hall–Kier alpha value is -2.87. The fraction of sp³-hybridized carbons (Fsp3) is 0.176. The topological polar surface area (TPSA) is 64.9 Å². The summed E-state index contributed by atoms with van der Waals surface area (Å²) in [5, 5.41) is 14.5. The molecule has 0 radical (unpaired) electrons. The zero-order chi connectivity index (χ0) is 16.2. The number of urea groups is 1. The van der Waals surface area contributed by atoms with E-state index in [1.807, 2.05) is 19.9 Å². The van der Waals surface area contributed by atoms with E-state index in [1.54, 1.807) is 36.4 Å². The highest BCUT2D eigenvalue weighted by atomic mass is 19.1. The summed E-state index contributed by atoms with van der Waals surface area (Å²) < 4.78 is 13.0. The summed E-state index contributed by atoms with van der Waals surface area (Å²) in [5.74, 6) is -0.327. The molecular formula is C17H16FN3O. The lowest BCUT2D eigenvalue weighted by molar-refractivity contribution is 0.242. The summed E-state index contributed by atoms with van der Waals surface area (Å²) >= 11 is 0. The smallest absolute Gasteiger partial charge is 0.319 e. The minimum Gasteiger partial charge on any atom is -0.329 e. The van der Waals surface area contributed by atoms with Crippen molar-refractivity contribution in [3.05, 3.63) is 65.5 Å². The molecule has 0 spiro atoms. The maximum atomic E-state index is 13.0. The molecule has 0 aromatic heterocycles. The van der Waals surface area contributed by atoms with Crippen LogP contribution in [0.15, 0.2) is 48.5 Å². The van der Waals surface area contributed by atoms with Gasteiger partial charge in [0.2, 0.25) is 0 Å². The van der Waals surface area contributed by atoms with E-state index < -0.39 is 11.6 Å². The van der Waals surface area contributed by atoms with E-state index in [2.05, 4.69) is 10.6 Å². The molecule has 2 aromatic rings. The first-order valence-electron chi connectivity index (χ1n) is 6.77. The van der Waals surface area contributed by atoms with Gasteiger partial charge in [-0.15, -0.1) is 0 Å². The van der Waals surface area contributed by atoms with Crippen molar-refractivity contribution in [2.45, 2.75) is 19.4 Å². The van der Waals surface area contributed by atoms with Gasteiger partial charge in [-0.25, -0.2) is 9.18 Å². The normalized spacial score (nSPS) is 10.6. The van der Waals surface area contributed by atoms with Gasteiger partial charge in [-0.2, -0.15) is 5.26 Å². The molecule has 4 nitrogen and oxygen atoms in total. The Morgan fingerprint density at radius 1 is 1.14 bits per heavy atom. The van der Waals surface area contributed by atoms with Crippen LogP contribution in [0.5, 0.6) is 0 Å². The number of benzene rings is 2. The summed E-state index contributed by atoms with van der Waals surface area (Å²) in [5.41, 5.74) is 0.923. The Labute approximate surface area is 128 Å². The first-order valence-corrected chi connectivity index (χ1v) is 6.77. The highest BCUT2D eigenvalue weighted by Crippen LogP contribution is 2.21. The average molecular weight is 297 g/mol. The molecule has 0 fully saturated rings. The second-order valence-electron chi connectivity index (χ2n) is 5.37. The molecule has 0 aliphatic heterocycles. The number of halogens is 1. The van der Waals surface area contributed by atoms with E-state index in [4.69, 9.17) is 5.26 Å². The fourth-order valence-corrected chi connectivity index (χ4v) is 2.07. The van der Waals surface area contributed by atoms with Crippen LogP contribution in [0.25, 0.3) is 0 Å². The molecule has 2 amide bonds. The quantitative estimate of drug-likeness (QED) is 0.906. The second kappa shape index (κ2) is 6.27. The molecule has 0 unspecified atom stereocenters.